The molecule has 2 rings (SSSR count). The van der Waals surface area contributed by atoms with Crippen LogP contribution in [0.3, 0.4) is 0 Å². The van der Waals surface area contributed by atoms with Crippen molar-refractivity contribution in [2.45, 2.75) is 6.10 Å². The van der Waals surface area contributed by atoms with Crippen LogP contribution in [0.2, 0.25) is 5.02 Å². The second kappa shape index (κ2) is 6.74. The van der Waals surface area contributed by atoms with Gasteiger partial charge in [-0.25, -0.2) is 8.78 Å². The number of methoxy groups -OCH3 is 1. The SMILES string of the molecule is COc1ccc(Cl)c(NCC(O)c2cc(F)ccc2F)c1. The maximum Gasteiger partial charge on any atom is 0.129 e. The lowest BCUT2D eigenvalue weighted by atomic mass is 10.1. The van der Waals surface area contributed by atoms with E-state index in [0.717, 1.165) is 18.2 Å². The topological polar surface area (TPSA) is 41.5 Å². The maximum atomic E-state index is 13.5. The molecule has 1 unspecified atom stereocenters. The minimum absolute atomic E-state index is 0.0206. The molecule has 2 N–H and O–H groups in total. The summed E-state index contributed by atoms with van der Waals surface area (Å²) in [5, 5.41) is 13.3. The zero-order valence-corrected chi connectivity index (χ0v) is 12.0. The van der Waals surface area contributed by atoms with Gasteiger partial charge in [-0.1, -0.05) is 11.6 Å². The molecule has 0 aliphatic rings. The maximum absolute atomic E-state index is 13.5. The number of hydrogen-bond acceptors (Lipinski definition) is 3. The van der Waals surface area contributed by atoms with Gasteiger partial charge in [0, 0.05) is 18.2 Å². The van der Waals surface area contributed by atoms with Gasteiger partial charge in [0.2, 0.25) is 0 Å². The van der Waals surface area contributed by atoms with Crippen molar-refractivity contribution < 1.29 is 18.6 Å². The second-order valence-corrected chi connectivity index (χ2v) is 4.82. The van der Waals surface area contributed by atoms with Crippen molar-refractivity contribution in [3.8, 4) is 5.75 Å². The van der Waals surface area contributed by atoms with Gasteiger partial charge in [-0.3, -0.25) is 0 Å². The number of aliphatic hydroxyl groups is 1. The van der Waals surface area contributed by atoms with Crippen LogP contribution >= 0.6 is 11.6 Å². The summed E-state index contributed by atoms with van der Waals surface area (Å²) in [5.41, 5.74) is 0.424. The van der Waals surface area contributed by atoms with Crippen LogP contribution in [-0.4, -0.2) is 18.8 Å². The largest absolute Gasteiger partial charge is 0.497 e. The molecule has 21 heavy (non-hydrogen) atoms. The van der Waals surface area contributed by atoms with E-state index in [9.17, 15) is 13.9 Å². The standard InChI is InChI=1S/C15H14ClF2NO2/c1-21-10-3-4-12(16)14(7-10)19-8-15(20)11-6-9(17)2-5-13(11)18/h2-7,15,19-20H,8H2,1H3. The smallest absolute Gasteiger partial charge is 0.129 e. The molecule has 0 saturated heterocycles. The van der Waals surface area contributed by atoms with Crippen molar-refractivity contribution in [2.75, 3.05) is 19.0 Å². The number of nitrogens with one attached hydrogen (secondary N) is 1. The van der Waals surface area contributed by atoms with Gasteiger partial charge in [-0.15, -0.1) is 0 Å². The van der Waals surface area contributed by atoms with Crippen LogP contribution in [0.1, 0.15) is 11.7 Å². The summed E-state index contributed by atoms with van der Waals surface area (Å²) in [5.74, 6) is -0.680. The van der Waals surface area contributed by atoms with E-state index in [1.54, 1.807) is 18.2 Å². The molecule has 112 valence electrons. The molecule has 0 fully saturated rings. The third-order valence-electron chi connectivity index (χ3n) is 2.98. The highest BCUT2D eigenvalue weighted by molar-refractivity contribution is 6.33. The van der Waals surface area contributed by atoms with Crippen molar-refractivity contribution in [2.24, 2.45) is 0 Å². The number of anilines is 1. The van der Waals surface area contributed by atoms with Crippen molar-refractivity contribution in [1.29, 1.82) is 0 Å². The lowest BCUT2D eigenvalue weighted by Crippen LogP contribution is -2.14. The molecule has 0 aromatic heterocycles. The second-order valence-electron chi connectivity index (χ2n) is 4.41. The molecule has 2 aromatic carbocycles. The number of hydrogen-bond donors (Lipinski definition) is 2. The first-order chi connectivity index (χ1) is 10.0. The van der Waals surface area contributed by atoms with E-state index >= 15 is 0 Å². The van der Waals surface area contributed by atoms with E-state index in [2.05, 4.69) is 5.32 Å². The molecule has 0 saturated carbocycles. The third-order valence-corrected chi connectivity index (χ3v) is 3.31. The Balaban J connectivity index is 2.10. The van der Waals surface area contributed by atoms with Crippen LogP contribution in [0, 0.1) is 11.6 Å². The predicted octanol–water partition coefficient (Wildman–Crippen LogP) is 3.77. The fourth-order valence-corrected chi connectivity index (χ4v) is 2.04. The molecule has 0 heterocycles. The van der Waals surface area contributed by atoms with Crippen molar-refractivity contribution in [3.63, 3.8) is 0 Å². The summed E-state index contributed by atoms with van der Waals surface area (Å²) in [7, 11) is 1.52. The molecular formula is C15H14ClF2NO2. The average molecular weight is 314 g/mol. The molecule has 0 bridgehead atoms. The number of halogens is 3. The Hall–Kier alpha value is -1.85. The Bertz CT molecular complexity index is 637. The monoisotopic (exact) mass is 313 g/mol. The number of aliphatic hydroxyl groups excluding tert-OH is 1. The van der Waals surface area contributed by atoms with Gasteiger partial charge in [-0.05, 0) is 30.3 Å². The van der Waals surface area contributed by atoms with E-state index in [0.29, 0.717) is 16.5 Å². The molecule has 6 heteroatoms. The lowest BCUT2D eigenvalue weighted by Gasteiger charge is -2.15. The van der Waals surface area contributed by atoms with Gasteiger partial charge in [0.1, 0.15) is 17.4 Å². The summed E-state index contributed by atoms with van der Waals surface area (Å²) in [6.45, 7) is -0.0206. The summed E-state index contributed by atoms with van der Waals surface area (Å²) >= 11 is 6.01. The van der Waals surface area contributed by atoms with Gasteiger partial charge in [0.05, 0.1) is 23.9 Å². The molecule has 0 radical (unpaired) electrons. The molecule has 2 aromatic rings. The van der Waals surface area contributed by atoms with E-state index < -0.39 is 17.7 Å². The normalized spacial score (nSPS) is 12.0. The average Bonchev–Trinajstić information content (AvgIpc) is 2.48. The Morgan fingerprint density at radius 2 is 2.00 bits per heavy atom. The molecule has 3 nitrogen and oxygen atoms in total. The fourth-order valence-electron chi connectivity index (χ4n) is 1.85. The summed E-state index contributed by atoms with van der Waals surface area (Å²) in [6.07, 6.45) is -1.21. The van der Waals surface area contributed by atoms with E-state index in [1.165, 1.54) is 7.11 Å². The number of ether oxygens (including phenoxy) is 1. The zero-order chi connectivity index (χ0) is 15.4. The molecule has 0 aliphatic heterocycles. The summed E-state index contributed by atoms with van der Waals surface area (Å²) in [6, 6.07) is 7.92. The minimum atomic E-state index is -1.21. The molecule has 0 amide bonds. The van der Waals surface area contributed by atoms with E-state index in [4.69, 9.17) is 16.3 Å². The first-order valence-corrected chi connectivity index (χ1v) is 6.59. The molecule has 0 aliphatic carbocycles. The molecule has 1 atom stereocenters. The van der Waals surface area contributed by atoms with E-state index in [1.807, 2.05) is 0 Å². The van der Waals surface area contributed by atoms with Crippen LogP contribution < -0.4 is 10.1 Å². The Morgan fingerprint density at radius 1 is 1.24 bits per heavy atom. The summed E-state index contributed by atoms with van der Waals surface area (Å²) in [4.78, 5) is 0. The van der Waals surface area contributed by atoms with Gasteiger partial charge in [0.25, 0.3) is 0 Å². The molecular weight excluding hydrogens is 300 g/mol. The van der Waals surface area contributed by atoms with Gasteiger partial charge >= 0.3 is 0 Å². The first kappa shape index (κ1) is 15.5. The highest BCUT2D eigenvalue weighted by atomic mass is 35.5. The van der Waals surface area contributed by atoms with Gasteiger partial charge < -0.3 is 15.2 Å². The van der Waals surface area contributed by atoms with Crippen LogP contribution in [0.15, 0.2) is 36.4 Å². The Morgan fingerprint density at radius 3 is 2.71 bits per heavy atom. The van der Waals surface area contributed by atoms with Crippen LogP contribution in [0.4, 0.5) is 14.5 Å². The first-order valence-electron chi connectivity index (χ1n) is 6.21. The summed E-state index contributed by atoms with van der Waals surface area (Å²) < 4.78 is 31.7. The van der Waals surface area contributed by atoms with Crippen molar-refractivity contribution >= 4 is 17.3 Å². The van der Waals surface area contributed by atoms with Gasteiger partial charge in [0.15, 0.2) is 0 Å². The zero-order valence-electron chi connectivity index (χ0n) is 11.2. The van der Waals surface area contributed by atoms with Crippen LogP contribution in [0.5, 0.6) is 5.75 Å². The predicted molar refractivity (Wildman–Crippen MR) is 77.8 cm³/mol. The van der Waals surface area contributed by atoms with Gasteiger partial charge in [-0.2, -0.15) is 0 Å². The van der Waals surface area contributed by atoms with E-state index in [-0.39, 0.29) is 12.1 Å². The number of rotatable bonds is 5. The quantitative estimate of drug-likeness (QED) is 0.883. The van der Waals surface area contributed by atoms with Crippen LogP contribution in [-0.2, 0) is 0 Å². The Labute approximate surface area is 126 Å². The third kappa shape index (κ3) is 3.83. The fraction of sp³-hybridized carbons (Fsp3) is 0.200. The Kier molecular flexibility index (Phi) is 4.98. The lowest BCUT2D eigenvalue weighted by molar-refractivity contribution is 0.186. The van der Waals surface area contributed by atoms with Crippen molar-refractivity contribution in [3.05, 3.63) is 58.6 Å². The highest BCUT2D eigenvalue weighted by Gasteiger charge is 2.14. The van der Waals surface area contributed by atoms with Crippen LogP contribution in [0.25, 0.3) is 0 Å². The minimum Gasteiger partial charge on any atom is -0.497 e. The van der Waals surface area contributed by atoms with Crippen molar-refractivity contribution in [1.82, 2.24) is 0 Å². The highest BCUT2D eigenvalue weighted by Crippen LogP contribution is 2.27. The molecule has 0 spiro atoms. The number of benzene rings is 2.